The number of rotatable bonds is 13. The fraction of sp³-hybridized carbons (Fsp3) is 0.400. The van der Waals surface area contributed by atoms with E-state index in [4.69, 9.17) is 9.57 Å². The lowest BCUT2D eigenvalue weighted by Gasteiger charge is -2.32. The van der Waals surface area contributed by atoms with Crippen molar-refractivity contribution in [1.82, 2.24) is 8.61 Å². The summed E-state index contributed by atoms with van der Waals surface area (Å²) in [5.41, 5.74) is 1.50. The van der Waals surface area contributed by atoms with Crippen LogP contribution in [0.4, 0.5) is 0 Å². The van der Waals surface area contributed by atoms with Crippen molar-refractivity contribution >= 4 is 16.4 Å². The first-order chi connectivity index (χ1) is 15.9. The van der Waals surface area contributed by atoms with Gasteiger partial charge in [0.1, 0.15) is 12.4 Å². The molecule has 1 aromatic rings. The van der Waals surface area contributed by atoms with Crippen molar-refractivity contribution in [2.45, 2.75) is 33.6 Å². The van der Waals surface area contributed by atoms with Gasteiger partial charge in [-0.3, -0.25) is 0 Å². The molecule has 0 aliphatic carbocycles. The predicted molar refractivity (Wildman–Crippen MR) is 134 cm³/mol. The largest absolute Gasteiger partial charge is 0.494 e. The molecular formula is C25H35N3O4S. The summed E-state index contributed by atoms with van der Waals surface area (Å²) in [6, 6.07) is 7.64. The molecule has 33 heavy (non-hydrogen) atoms. The summed E-state index contributed by atoms with van der Waals surface area (Å²) in [4.78, 5) is 4.96. The molecule has 0 N–H and O–H groups in total. The summed E-state index contributed by atoms with van der Waals surface area (Å²) < 4.78 is 34.8. The number of oxime groups is 1. The van der Waals surface area contributed by atoms with E-state index in [1.54, 1.807) is 30.6 Å². The van der Waals surface area contributed by atoms with Crippen LogP contribution in [-0.4, -0.2) is 49.5 Å². The molecule has 0 spiro atoms. The van der Waals surface area contributed by atoms with Crippen LogP contribution in [0.2, 0.25) is 0 Å². The zero-order valence-electron chi connectivity index (χ0n) is 19.8. The molecule has 1 atom stereocenters. The van der Waals surface area contributed by atoms with Crippen LogP contribution >= 0.6 is 0 Å². The van der Waals surface area contributed by atoms with E-state index in [1.165, 1.54) is 8.61 Å². The van der Waals surface area contributed by atoms with Crippen molar-refractivity contribution in [3.05, 3.63) is 78.7 Å². The van der Waals surface area contributed by atoms with Crippen molar-refractivity contribution in [2.24, 2.45) is 11.1 Å². The van der Waals surface area contributed by atoms with Crippen LogP contribution < -0.4 is 4.74 Å². The van der Waals surface area contributed by atoms with Gasteiger partial charge in [0.05, 0.1) is 18.5 Å². The minimum absolute atomic E-state index is 0.316. The lowest BCUT2D eigenvalue weighted by Crippen LogP contribution is -2.44. The molecule has 0 amide bonds. The second-order valence-corrected chi connectivity index (χ2v) is 9.43. The van der Waals surface area contributed by atoms with Gasteiger partial charge >= 0.3 is 10.2 Å². The maximum Gasteiger partial charge on any atom is 0.308 e. The molecule has 1 aromatic carbocycles. The first-order valence-corrected chi connectivity index (χ1v) is 12.6. The number of nitrogens with zero attached hydrogens (tertiary/aromatic N) is 3. The first kappa shape index (κ1) is 26.4. The molecule has 0 bridgehead atoms. The van der Waals surface area contributed by atoms with Gasteiger partial charge in [-0.1, -0.05) is 36.9 Å². The molecule has 1 aliphatic rings. The molecule has 0 saturated heterocycles. The fourth-order valence-electron chi connectivity index (χ4n) is 3.19. The lowest BCUT2D eigenvalue weighted by atomic mass is 10.0. The Hall–Kier alpha value is -2.84. The lowest BCUT2D eigenvalue weighted by molar-refractivity contribution is 0.160. The Labute approximate surface area is 198 Å². The van der Waals surface area contributed by atoms with Gasteiger partial charge in [0.15, 0.2) is 0 Å². The van der Waals surface area contributed by atoms with E-state index in [1.807, 2.05) is 50.3 Å². The highest BCUT2D eigenvalue weighted by molar-refractivity contribution is 7.87. The van der Waals surface area contributed by atoms with Crippen LogP contribution in [0.5, 0.6) is 5.75 Å². The third-order valence-corrected chi connectivity index (χ3v) is 6.86. The second kappa shape index (κ2) is 13.6. The van der Waals surface area contributed by atoms with Gasteiger partial charge in [0.25, 0.3) is 0 Å². The van der Waals surface area contributed by atoms with Gasteiger partial charge in [-0.15, -0.1) is 0 Å². The van der Waals surface area contributed by atoms with Crippen LogP contribution in [0, 0.1) is 5.92 Å². The quantitative estimate of drug-likeness (QED) is 0.233. The number of hydrogen-bond donors (Lipinski definition) is 0. The molecule has 0 aromatic heterocycles. The Morgan fingerprint density at radius 1 is 1.27 bits per heavy atom. The van der Waals surface area contributed by atoms with Crippen LogP contribution in [-0.2, 0) is 15.0 Å². The topological polar surface area (TPSA) is 71.4 Å². The van der Waals surface area contributed by atoms with E-state index < -0.39 is 10.2 Å². The average Bonchev–Trinajstić information content (AvgIpc) is 2.79. The highest BCUT2D eigenvalue weighted by Crippen LogP contribution is 2.23. The minimum atomic E-state index is -3.62. The third-order valence-electron chi connectivity index (χ3n) is 5.04. The van der Waals surface area contributed by atoms with E-state index in [0.717, 1.165) is 24.2 Å². The molecule has 180 valence electrons. The molecule has 7 nitrogen and oxygen atoms in total. The van der Waals surface area contributed by atoms with Gasteiger partial charge in [-0.05, 0) is 74.6 Å². The Balaban J connectivity index is 1.83. The van der Waals surface area contributed by atoms with Gasteiger partial charge in [-0.2, -0.15) is 12.7 Å². The number of ether oxygens (including phenoxy) is 1. The standard InChI is InChI=1S/C25H35N3O4S/c1-5-9-24(10-6-2)28-18-8-17-27(33(28,29)30)19-15-22(4)16-20-31-25-13-11-23(12-14-25)21-26-32-7-3/h5-6,8-14,18,21-22H,1,7,15-17,19-20H2,2-4H3/b10-6-,24-9+,26-21+. The van der Waals surface area contributed by atoms with Crippen molar-refractivity contribution in [3.8, 4) is 5.75 Å². The monoisotopic (exact) mass is 473 g/mol. The maximum atomic E-state index is 13.1. The summed E-state index contributed by atoms with van der Waals surface area (Å²) in [6.07, 6.45) is 13.5. The zero-order chi connectivity index (χ0) is 24.1. The van der Waals surface area contributed by atoms with Crippen LogP contribution in [0.1, 0.15) is 39.2 Å². The molecule has 2 rings (SSSR count). The Morgan fingerprint density at radius 3 is 2.70 bits per heavy atom. The van der Waals surface area contributed by atoms with Gasteiger partial charge < -0.3 is 9.57 Å². The van der Waals surface area contributed by atoms with Gasteiger partial charge in [0, 0.05) is 19.3 Å². The van der Waals surface area contributed by atoms with Crippen molar-refractivity contribution in [3.63, 3.8) is 0 Å². The van der Waals surface area contributed by atoms with Crippen LogP contribution in [0.25, 0.3) is 0 Å². The molecule has 8 heteroatoms. The molecule has 1 heterocycles. The highest BCUT2D eigenvalue weighted by atomic mass is 32.2. The van der Waals surface area contributed by atoms with Crippen molar-refractivity contribution < 1.29 is 18.0 Å². The predicted octanol–water partition coefficient (Wildman–Crippen LogP) is 4.87. The molecule has 0 saturated carbocycles. The first-order valence-electron chi connectivity index (χ1n) is 11.2. The summed E-state index contributed by atoms with van der Waals surface area (Å²) in [5, 5.41) is 3.85. The normalized spacial score (nSPS) is 17.5. The van der Waals surface area contributed by atoms with E-state index >= 15 is 0 Å². The third kappa shape index (κ3) is 8.22. The van der Waals surface area contributed by atoms with Gasteiger partial charge in [0.2, 0.25) is 0 Å². The van der Waals surface area contributed by atoms with Crippen molar-refractivity contribution in [2.75, 3.05) is 26.3 Å². The minimum Gasteiger partial charge on any atom is -0.494 e. The number of hydrogen-bond acceptors (Lipinski definition) is 5. The zero-order valence-corrected chi connectivity index (χ0v) is 20.6. The summed E-state index contributed by atoms with van der Waals surface area (Å²) in [6.45, 7) is 11.5. The summed E-state index contributed by atoms with van der Waals surface area (Å²) in [5.74, 6) is 1.11. The van der Waals surface area contributed by atoms with Crippen molar-refractivity contribution in [1.29, 1.82) is 0 Å². The highest BCUT2D eigenvalue weighted by Gasteiger charge is 2.31. The van der Waals surface area contributed by atoms with E-state index in [0.29, 0.717) is 37.9 Å². The van der Waals surface area contributed by atoms with E-state index in [9.17, 15) is 8.42 Å². The molecule has 0 fully saturated rings. The Kier molecular flexibility index (Phi) is 10.9. The molecule has 0 radical (unpaired) electrons. The average molecular weight is 474 g/mol. The molecular weight excluding hydrogens is 438 g/mol. The fourth-order valence-corrected chi connectivity index (χ4v) is 4.67. The summed E-state index contributed by atoms with van der Waals surface area (Å²) >= 11 is 0. The number of benzene rings is 1. The second-order valence-electron chi connectivity index (χ2n) is 7.63. The van der Waals surface area contributed by atoms with E-state index in [-0.39, 0.29) is 0 Å². The summed E-state index contributed by atoms with van der Waals surface area (Å²) in [7, 11) is -3.62. The molecule has 1 aliphatic heterocycles. The smallest absolute Gasteiger partial charge is 0.308 e. The van der Waals surface area contributed by atoms with E-state index in [2.05, 4.69) is 18.7 Å². The molecule has 1 unspecified atom stereocenters. The SMILES string of the molecule is C=C/C=C(\C=C/C)N1C=CCN(CCC(C)CCOc2ccc(/C=N/OCC)cc2)S1(=O)=O. The van der Waals surface area contributed by atoms with Gasteiger partial charge in [-0.25, -0.2) is 4.31 Å². The van der Waals surface area contributed by atoms with Crippen LogP contribution in [0.3, 0.4) is 0 Å². The number of allylic oxidation sites excluding steroid dienone is 4. The maximum absolute atomic E-state index is 13.1. The van der Waals surface area contributed by atoms with Crippen LogP contribution in [0.15, 0.2) is 78.3 Å². The Bertz CT molecular complexity index is 966. The Morgan fingerprint density at radius 2 is 2.03 bits per heavy atom.